The van der Waals surface area contributed by atoms with Gasteiger partial charge < -0.3 is 15.2 Å². The normalized spacial score (nSPS) is 18.4. The number of hydrogen-bond donors (Lipinski definition) is 2. The molecule has 1 heterocycles. The Balaban J connectivity index is 2.08. The molecule has 21 heavy (non-hydrogen) atoms. The average molecular weight is 314 g/mol. The summed E-state index contributed by atoms with van der Waals surface area (Å²) in [7, 11) is -3.30. The topological polar surface area (TPSA) is 113 Å². The Morgan fingerprint density at radius 3 is 2.57 bits per heavy atom. The Bertz CT molecular complexity index is 655. The van der Waals surface area contributed by atoms with Gasteiger partial charge in [0.15, 0.2) is 9.84 Å². The number of ether oxygens (including phenoxy) is 1. The first-order chi connectivity index (χ1) is 9.77. The lowest BCUT2D eigenvalue weighted by Gasteiger charge is -2.13. The number of amides is 2. The molecule has 1 aliphatic heterocycles. The van der Waals surface area contributed by atoms with Crippen LogP contribution in [0, 0.1) is 0 Å². The third kappa shape index (κ3) is 3.63. The van der Waals surface area contributed by atoms with Gasteiger partial charge in [-0.1, -0.05) is 0 Å². The van der Waals surface area contributed by atoms with Crippen molar-refractivity contribution >= 4 is 27.7 Å². The average Bonchev–Trinajstić information content (AvgIpc) is 2.77. The minimum Gasteiger partial charge on any atom is -0.465 e. The van der Waals surface area contributed by atoms with E-state index in [9.17, 15) is 18.0 Å². The predicted molar refractivity (Wildman–Crippen MR) is 73.2 cm³/mol. The molecule has 0 aliphatic carbocycles. The van der Waals surface area contributed by atoms with E-state index in [0.717, 1.165) is 6.26 Å². The SMILES string of the molecule is CS(=O)(=O)c1ccc(N2CC(CNC(=O)O)OC2=O)cc1. The molecule has 1 aromatic carbocycles. The zero-order chi connectivity index (χ0) is 15.6. The van der Waals surface area contributed by atoms with Gasteiger partial charge in [0.25, 0.3) is 0 Å². The summed E-state index contributed by atoms with van der Waals surface area (Å²) in [5, 5.41) is 10.6. The van der Waals surface area contributed by atoms with Crippen LogP contribution in [-0.2, 0) is 14.6 Å². The maximum atomic E-state index is 11.7. The van der Waals surface area contributed by atoms with Gasteiger partial charge in [-0.25, -0.2) is 18.0 Å². The van der Waals surface area contributed by atoms with Crippen LogP contribution < -0.4 is 10.2 Å². The van der Waals surface area contributed by atoms with Gasteiger partial charge >= 0.3 is 12.2 Å². The molecule has 0 aromatic heterocycles. The number of carboxylic acid groups (broad SMARTS) is 1. The molecule has 8 nitrogen and oxygen atoms in total. The second-order valence-corrected chi connectivity index (χ2v) is 6.58. The first-order valence-electron chi connectivity index (χ1n) is 6.02. The van der Waals surface area contributed by atoms with Gasteiger partial charge in [-0.15, -0.1) is 0 Å². The van der Waals surface area contributed by atoms with E-state index in [0.29, 0.717) is 5.69 Å². The summed E-state index contributed by atoms with van der Waals surface area (Å²) in [6.45, 7) is 0.191. The van der Waals surface area contributed by atoms with E-state index in [4.69, 9.17) is 9.84 Å². The van der Waals surface area contributed by atoms with E-state index in [2.05, 4.69) is 5.32 Å². The van der Waals surface area contributed by atoms with E-state index in [1.807, 2.05) is 0 Å². The lowest BCUT2D eigenvalue weighted by molar-refractivity contribution is 0.136. The highest BCUT2D eigenvalue weighted by Gasteiger charge is 2.32. The number of rotatable bonds is 4. The number of carbonyl (C=O) groups is 2. The van der Waals surface area contributed by atoms with Crippen LogP contribution in [0.3, 0.4) is 0 Å². The Morgan fingerprint density at radius 1 is 1.43 bits per heavy atom. The van der Waals surface area contributed by atoms with Crippen LogP contribution in [0.15, 0.2) is 29.2 Å². The number of benzene rings is 1. The van der Waals surface area contributed by atoms with Crippen LogP contribution in [0.4, 0.5) is 15.3 Å². The molecule has 2 rings (SSSR count). The molecule has 0 spiro atoms. The van der Waals surface area contributed by atoms with Gasteiger partial charge in [0.2, 0.25) is 0 Å². The molecule has 1 aliphatic rings. The largest absolute Gasteiger partial charge is 0.465 e. The maximum absolute atomic E-state index is 11.7. The summed E-state index contributed by atoms with van der Waals surface area (Å²) >= 11 is 0. The first-order valence-corrected chi connectivity index (χ1v) is 7.91. The van der Waals surface area contributed by atoms with Crippen LogP contribution in [0.1, 0.15) is 0 Å². The summed E-state index contributed by atoms with van der Waals surface area (Å²) in [6.07, 6.45) is -1.27. The third-order valence-corrected chi connectivity index (χ3v) is 4.06. The highest BCUT2D eigenvalue weighted by atomic mass is 32.2. The van der Waals surface area contributed by atoms with Crippen molar-refractivity contribution in [2.24, 2.45) is 0 Å². The van der Waals surface area contributed by atoms with Crippen molar-refractivity contribution in [3.05, 3.63) is 24.3 Å². The third-order valence-electron chi connectivity index (χ3n) is 2.93. The number of sulfone groups is 1. The number of hydrogen-bond acceptors (Lipinski definition) is 5. The Hall–Kier alpha value is -2.29. The minimum absolute atomic E-state index is 0.000996. The number of cyclic esters (lactones) is 1. The summed E-state index contributed by atoms with van der Waals surface area (Å²) < 4.78 is 27.7. The van der Waals surface area contributed by atoms with Crippen LogP contribution in [0.25, 0.3) is 0 Å². The molecular formula is C12H14N2O6S. The zero-order valence-electron chi connectivity index (χ0n) is 11.1. The molecule has 114 valence electrons. The molecule has 1 saturated heterocycles. The highest BCUT2D eigenvalue weighted by molar-refractivity contribution is 7.90. The van der Waals surface area contributed by atoms with Crippen molar-refractivity contribution in [1.29, 1.82) is 0 Å². The van der Waals surface area contributed by atoms with Gasteiger partial charge in [-0.3, -0.25) is 4.90 Å². The van der Waals surface area contributed by atoms with Crippen LogP contribution in [0.2, 0.25) is 0 Å². The van der Waals surface area contributed by atoms with Gasteiger partial charge in [-0.2, -0.15) is 0 Å². The molecule has 1 fully saturated rings. The van der Waals surface area contributed by atoms with Gasteiger partial charge in [0.05, 0.1) is 18.0 Å². The van der Waals surface area contributed by atoms with Gasteiger partial charge in [0.1, 0.15) is 6.10 Å². The van der Waals surface area contributed by atoms with Crippen LogP contribution in [-0.4, -0.2) is 51.2 Å². The second kappa shape index (κ2) is 5.60. The molecule has 1 aromatic rings. The Labute approximate surface area is 121 Å². The van der Waals surface area contributed by atoms with Crippen LogP contribution >= 0.6 is 0 Å². The van der Waals surface area contributed by atoms with Gasteiger partial charge in [0, 0.05) is 11.9 Å². The monoisotopic (exact) mass is 314 g/mol. The zero-order valence-corrected chi connectivity index (χ0v) is 12.0. The molecular weight excluding hydrogens is 300 g/mol. The molecule has 0 bridgehead atoms. The summed E-state index contributed by atoms with van der Waals surface area (Å²) in [5.74, 6) is 0. The molecule has 1 unspecified atom stereocenters. The van der Waals surface area contributed by atoms with Crippen LogP contribution in [0.5, 0.6) is 0 Å². The van der Waals surface area contributed by atoms with Gasteiger partial charge in [-0.05, 0) is 24.3 Å². The fraction of sp³-hybridized carbons (Fsp3) is 0.333. The minimum atomic E-state index is -3.30. The first kappa shape index (κ1) is 15.1. The van der Waals surface area contributed by atoms with E-state index in [1.165, 1.54) is 29.2 Å². The fourth-order valence-corrected chi connectivity index (χ4v) is 2.54. The molecule has 2 amide bonds. The number of nitrogens with zero attached hydrogens (tertiary/aromatic N) is 1. The van der Waals surface area contributed by atoms with Crippen molar-refractivity contribution in [2.45, 2.75) is 11.0 Å². The lowest BCUT2D eigenvalue weighted by atomic mass is 10.2. The smallest absolute Gasteiger partial charge is 0.414 e. The van der Waals surface area contributed by atoms with Crippen molar-refractivity contribution < 1.29 is 27.9 Å². The lowest BCUT2D eigenvalue weighted by Crippen LogP contribution is -2.33. The van der Waals surface area contributed by atoms with Crippen molar-refractivity contribution in [2.75, 3.05) is 24.2 Å². The standard InChI is InChI=1S/C12H14N2O6S/c1-21(18,19)10-4-2-8(3-5-10)14-7-9(20-12(14)17)6-13-11(15)16/h2-5,9,13H,6-7H2,1H3,(H,15,16). The van der Waals surface area contributed by atoms with E-state index in [1.54, 1.807) is 0 Å². The van der Waals surface area contributed by atoms with E-state index < -0.39 is 28.1 Å². The summed E-state index contributed by atoms with van der Waals surface area (Å²) in [5.41, 5.74) is 0.491. The summed E-state index contributed by atoms with van der Waals surface area (Å²) in [4.78, 5) is 23.6. The fourth-order valence-electron chi connectivity index (χ4n) is 1.91. The van der Waals surface area contributed by atoms with E-state index in [-0.39, 0.29) is 18.0 Å². The van der Waals surface area contributed by atoms with Crippen molar-refractivity contribution in [3.8, 4) is 0 Å². The number of nitrogens with one attached hydrogen (secondary N) is 1. The Kier molecular flexibility index (Phi) is 4.03. The highest BCUT2D eigenvalue weighted by Crippen LogP contribution is 2.23. The van der Waals surface area contributed by atoms with Crippen molar-refractivity contribution in [3.63, 3.8) is 0 Å². The molecule has 0 radical (unpaired) electrons. The number of anilines is 1. The number of carbonyl (C=O) groups excluding carboxylic acids is 1. The molecule has 0 saturated carbocycles. The molecule has 9 heteroatoms. The Morgan fingerprint density at radius 2 is 2.05 bits per heavy atom. The van der Waals surface area contributed by atoms with Crippen molar-refractivity contribution in [1.82, 2.24) is 5.32 Å². The predicted octanol–water partition coefficient (Wildman–Crippen LogP) is 0.683. The molecule has 2 N–H and O–H groups in total. The molecule has 1 atom stereocenters. The maximum Gasteiger partial charge on any atom is 0.414 e. The second-order valence-electron chi connectivity index (χ2n) is 4.57. The van der Waals surface area contributed by atoms with E-state index >= 15 is 0 Å². The quantitative estimate of drug-likeness (QED) is 0.845. The summed E-state index contributed by atoms with van der Waals surface area (Å²) in [6, 6.07) is 5.82.